The third kappa shape index (κ3) is 4.70. The van der Waals surface area contributed by atoms with Crippen LogP contribution in [0, 0.1) is 6.92 Å². The molecule has 3 aromatic rings. The van der Waals surface area contributed by atoms with Crippen LogP contribution in [0.15, 0.2) is 53.1 Å². The van der Waals surface area contributed by atoms with E-state index in [-0.39, 0.29) is 12.5 Å². The molecule has 1 amide bonds. The number of ether oxygens (including phenoxy) is 1. The number of hydrogen-bond acceptors (Lipinski definition) is 5. The van der Waals surface area contributed by atoms with Crippen molar-refractivity contribution in [2.24, 2.45) is 0 Å². The molecule has 0 aliphatic heterocycles. The lowest BCUT2D eigenvalue weighted by molar-refractivity contribution is -0.138. The van der Waals surface area contributed by atoms with Crippen LogP contribution in [0.2, 0.25) is 5.02 Å². The number of likely N-dealkylation sites (N-methyl/N-ethyl adjacent to an activating group) is 1. The zero-order valence-electron chi connectivity index (χ0n) is 16.1. The maximum Gasteiger partial charge on any atom is 0.263 e. The normalized spacial score (nSPS) is 11.9. The van der Waals surface area contributed by atoms with Crippen LogP contribution in [-0.2, 0) is 11.3 Å². The molecule has 1 aromatic heterocycles. The summed E-state index contributed by atoms with van der Waals surface area (Å²) in [6, 6.07) is 14.9. The lowest BCUT2D eigenvalue weighted by atomic mass is 10.2. The van der Waals surface area contributed by atoms with Crippen molar-refractivity contribution in [2.75, 3.05) is 7.05 Å². The molecule has 0 radical (unpaired) electrons. The van der Waals surface area contributed by atoms with Crippen LogP contribution in [0.4, 0.5) is 0 Å². The van der Waals surface area contributed by atoms with Crippen molar-refractivity contribution in [2.45, 2.75) is 32.9 Å². The van der Waals surface area contributed by atoms with Crippen molar-refractivity contribution in [3.05, 3.63) is 65.0 Å². The minimum atomic E-state index is -0.585. The average Bonchev–Trinajstić information content (AvgIpc) is 3.15. The molecule has 1 unspecified atom stereocenters. The number of carbonyl (C=O) groups excluding carboxylic acids is 1. The molecule has 0 N–H and O–H groups in total. The van der Waals surface area contributed by atoms with Gasteiger partial charge in [0.25, 0.3) is 5.91 Å². The number of amides is 1. The SMILES string of the molecule is CCC(Oc1ccc(C)cc1)C(=O)N(C)Cc1nc(-c2ccccc2Cl)no1. The summed E-state index contributed by atoms with van der Waals surface area (Å²) in [6.45, 7) is 4.10. The summed E-state index contributed by atoms with van der Waals surface area (Å²) in [5.41, 5.74) is 1.82. The molecule has 6 nitrogen and oxygen atoms in total. The summed E-state index contributed by atoms with van der Waals surface area (Å²) < 4.78 is 11.1. The number of aromatic nitrogens is 2. The molecule has 0 saturated heterocycles. The third-order valence-corrected chi connectivity index (χ3v) is 4.61. The Hall–Kier alpha value is -2.86. The van der Waals surface area contributed by atoms with E-state index in [0.717, 1.165) is 5.56 Å². The van der Waals surface area contributed by atoms with E-state index in [1.54, 1.807) is 13.1 Å². The third-order valence-electron chi connectivity index (χ3n) is 4.28. The fraction of sp³-hybridized carbons (Fsp3) is 0.286. The smallest absolute Gasteiger partial charge is 0.263 e. The number of halogens is 1. The number of carbonyl (C=O) groups is 1. The van der Waals surface area contributed by atoms with Gasteiger partial charge < -0.3 is 14.2 Å². The van der Waals surface area contributed by atoms with Gasteiger partial charge in [-0.15, -0.1) is 0 Å². The van der Waals surface area contributed by atoms with Crippen LogP contribution in [0.25, 0.3) is 11.4 Å². The Morgan fingerprint density at radius 3 is 2.61 bits per heavy atom. The van der Waals surface area contributed by atoms with Crippen molar-refractivity contribution in [1.29, 1.82) is 0 Å². The lowest BCUT2D eigenvalue weighted by Gasteiger charge is -2.22. The van der Waals surface area contributed by atoms with E-state index >= 15 is 0 Å². The van der Waals surface area contributed by atoms with Gasteiger partial charge in [0.1, 0.15) is 5.75 Å². The van der Waals surface area contributed by atoms with E-state index in [1.165, 1.54) is 4.90 Å². The molecule has 7 heteroatoms. The van der Waals surface area contributed by atoms with Gasteiger partial charge in [-0.3, -0.25) is 4.79 Å². The second-order valence-corrected chi connectivity index (χ2v) is 6.92. The van der Waals surface area contributed by atoms with E-state index < -0.39 is 6.10 Å². The first-order valence-corrected chi connectivity index (χ1v) is 9.41. The molecule has 1 heterocycles. The molecule has 3 rings (SSSR count). The van der Waals surface area contributed by atoms with E-state index in [0.29, 0.717) is 34.5 Å². The summed E-state index contributed by atoms with van der Waals surface area (Å²) in [5, 5.41) is 4.50. The van der Waals surface area contributed by atoms with E-state index in [2.05, 4.69) is 10.1 Å². The van der Waals surface area contributed by atoms with Crippen LogP contribution in [0.3, 0.4) is 0 Å². The molecule has 0 aliphatic carbocycles. The first kappa shape index (κ1) is 19.9. The molecule has 2 aromatic carbocycles. The Bertz CT molecular complexity index is 940. The van der Waals surface area contributed by atoms with Gasteiger partial charge in [-0.05, 0) is 37.6 Å². The predicted molar refractivity (Wildman–Crippen MR) is 107 cm³/mol. The van der Waals surface area contributed by atoms with Crippen molar-refractivity contribution in [3.63, 3.8) is 0 Å². The Kier molecular flexibility index (Phi) is 6.31. The van der Waals surface area contributed by atoms with Gasteiger partial charge in [-0.2, -0.15) is 4.98 Å². The highest BCUT2D eigenvalue weighted by Crippen LogP contribution is 2.25. The predicted octanol–water partition coefficient (Wildman–Crippen LogP) is 4.51. The number of aryl methyl sites for hydroxylation is 1. The molecule has 0 bridgehead atoms. The highest BCUT2D eigenvalue weighted by molar-refractivity contribution is 6.33. The molecule has 146 valence electrons. The van der Waals surface area contributed by atoms with Crippen molar-refractivity contribution >= 4 is 17.5 Å². The molecular weight excluding hydrogens is 378 g/mol. The summed E-state index contributed by atoms with van der Waals surface area (Å²) in [6.07, 6.45) is -0.0372. The summed E-state index contributed by atoms with van der Waals surface area (Å²) in [7, 11) is 1.68. The van der Waals surface area contributed by atoms with Crippen LogP contribution in [0.5, 0.6) is 5.75 Å². The van der Waals surface area contributed by atoms with E-state index in [4.69, 9.17) is 20.9 Å². The summed E-state index contributed by atoms with van der Waals surface area (Å²) >= 11 is 6.17. The molecule has 0 saturated carbocycles. The van der Waals surface area contributed by atoms with Gasteiger partial charge in [0.15, 0.2) is 6.10 Å². The first-order chi connectivity index (χ1) is 13.5. The van der Waals surface area contributed by atoms with Gasteiger partial charge >= 0.3 is 0 Å². The maximum absolute atomic E-state index is 12.8. The quantitative estimate of drug-likeness (QED) is 0.584. The minimum Gasteiger partial charge on any atom is -0.481 e. The number of rotatable bonds is 7. The average molecular weight is 400 g/mol. The van der Waals surface area contributed by atoms with Gasteiger partial charge in [-0.25, -0.2) is 0 Å². The summed E-state index contributed by atoms with van der Waals surface area (Å²) in [5.74, 6) is 1.24. The van der Waals surface area contributed by atoms with Gasteiger partial charge in [0.05, 0.1) is 11.6 Å². The zero-order valence-corrected chi connectivity index (χ0v) is 16.8. The zero-order chi connectivity index (χ0) is 20.1. The molecule has 0 spiro atoms. The highest BCUT2D eigenvalue weighted by atomic mass is 35.5. The minimum absolute atomic E-state index is 0.152. The standard InChI is InChI=1S/C21H22ClN3O3/c1-4-18(27-15-11-9-14(2)10-12-15)21(26)25(3)13-19-23-20(24-28-19)16-7-5-6-8-17(16)22/h5-12,18H,4,13H2,1-3H3. The van der Waals surface area contributed by atoms with Crippen LogP contribution < -0.4 is 4.74 Å². The molecule has 0 fully saturated rings. The second kappa shape index (κ2) is 8.89. The first-order valence-electron chi connectivity index (χ1n) is 9.03. The van der Waals surface area contributed by atoms with E-state index in [1.807, 2.05) is 56.3 Å². The molecule has 28 heavy (non-hydrogen) atoms. The summed E-state index contributed by atoms with van der Waals surface area (Å²) in [4.78, 5) is 18.6. The second-order valence-electron chi connectivity index (χ2n) is 6.51. The monoisotopic (exact) mass is 399 g/mol. The topological polar surface area (TPSA) is 68.5 Å². The molecule has 1 atom stereocenters. The maximum atomic E-state index is 12.8. The van der Waals surface area contributed by atoms with Crippen LogP contribution in [0.1, 0.15) is 24.8 Å². The van der Waals surface area contributed by atoms with Crippen molar-refractivity contribution < 1.29 is 14.1 Å². The van der Waals surface area contributed by atoms with Crippen molar-refractivity contribution in [1.82, 2.24) is 15.0 Å². The Labute approximate surface area is 169 Å². The van der Waals surface area contributed by atoms with Gasteiger partial charge in [0.2, 0.25) is 11.7 Å². The Morgan fingerprint density at radius 1 is 1.21 bits per heavy atom. The lowest BCUT2D eigenvalue weighted by Crippen LogP contribution is -2.39. The largest absolute Gasteiger partial charge is 0.481 e. The van der Waals surface area contributed by atoms with Crippen LogP contribution >= 0.6 is 11.6 Å². The highest BCUT2D eigenvalue weighted by Gasteiger charge is 2.24. The van der Waals surface area contributed by atoms with E-state index in [9.17, 15) is 4.79 Å². The Balaban J connectivity index is 1.66. The fourth-order valence-electron chi connectivity index (χ4n) is 2.69. The van der Waals surface area contributed by atoms with Gasteiger partial charge in [0, 0.05) is 12.6 Å². The number of hydrogen-bond donors (Lipinski definition) is 0. The Morgan fingerprint density at radius 2 is 1.93 bits per heavy atom. The van der Waals surface area contributed by atoms with Crippen LogP contribution in [-0.4, -0.2) is 34.1 Å². The van der Waals surface area contributed by atoms with Gasteiger partial charge in [-0.1, -0.05) is 53.5 Å². The van der Waals surface area contributed by atoms with Crippen molar-refractivity contribution in [3.8, 4) is 17.1 Å². The fourth-order valence-corrected chi connectivity index (χ4v) is 2.91. The molecule has 0 aliphatic rings. The number of nitrogens with zero attached hydrogens (tertiary/aromatic N) is 3. The molecular formula is C21H22ClN3O3. The number of benzene rings is 2.